The van der Waals surface area contributed by atoms with Crippen molar-refractivity contribution < 1.29 is 9.90 Å². The molecule has 0 radical (unpaired) electrons. The summed E-state index contributed by atoms with van der Waals surface area (Å²) in [5.74, 6) is 0.617. The van der Waals surface area contributed by atoms with Gasteiger partial charge in [-0.1, -0.05) is 0 Å². The Morgan fingerprint density at radius 1 is 1.53 bits per heavy atom. The number of aromatic nitrogens is 2. The third-order valence-electron chi connectivity index (χ3n) is 2.42. The van der Waals surface area contributed by atoms with E-state index in [1.165, 1.54) is 4.88 Å². The number of hydrogen-bond donors (Lipinski definition) is 2. The molecule has 0 saturated carbocycles. The van der Waals surface area contributed by atoms with Gasteiger partial charge in [0.1, 0.15) is 16.2 Å². The van der Waals surface area contributed by atoms with Crippen molar-refractivity contribution in [2.24, 2.45) is 0 Å². The average molecular weight is 297 g/mol. The van der Waals surface area contributed by atoms with E-state index in [0.29, 0.717) is 18.7 Å². The fourth-order valence-corrected chi connectivity index (χ4v) is 3.42. The summed E-state index contributed by atoms with van der Waals surface area (Å²) in [6.07, 6.45) is 1.98. The minimum atomic E-state index is -0.0478. The number of aryl methyl sites for hydroxylation is 1. The summed E-state index contributed by atoms with van der Waals surface area (Å²) >= 11 is 3.20. The van der Waals surface area contributed by atoms with Crippen LogP contribution in [0.15, 0.2) is 17.4 Å². The molecule has 0 bridgehead atoms. The first-order valence-corrected chi connectivity index (χ1v) is 7.72. The highest BCUT2D eigenvalue weighted by molar-refractivity contribution is 7.99. The topological polar surface area (TPSA) is 75.1 Å². The maximum Gasteiger partial charge on any atom is 0.220 e. The van der Waals surface area contributed by atoms with Gasteiger partial charge in [0, 0.05) is 29.0 Å². The average Bonchev–Trinajstić information content (AvgIpc) is 2.77. The van der Waals surface area contributed by atoms with Gasteiger partial charge in [0.25, 0.3) is 0 Å². The van der Waals surface area contributed by atoms with Crippen LogP contribution in [0.25, 0.3) is 10.2 Å². The number of rotatable bonds is 6. The first-order chi connectivity index (χ1) is 9.20. The number of carbonyl (C=O) groups excluding carboxylic acids is 1. The minimum Gasteiger partial charge on any atom is -0.395 e. The number of amides is 1. The first-order valence-electron chi connectivity index (χ1n) is 5.92. The van der Waals surface area contributed by atoms with Crippen LogP contribution in [0.3, 0.4) is 0 Å². The lowest BCUT2D eigenvalue weighted by molar-refractivity contribution is -0.120. The molecule has 0 aromatic carbocycles. The fourth-order valence-electron chi connectivity index (χ4n) is 1.59. The molecule has 0 aliphatic heterocycles. The van der Waals surface area contributed by atoms with E-state index in [2.05, 4.69) is 21.4 Å². The Labute approximate surface area is 119 Å². The number of fused-ring (bicyclic) bond motifs is 1. The Balaban J connectivity index is 1.93. The zero-order valence-corrected chi connectivity index (χ0v) is 12.2. The molecule has 1 amide bonds. The Kier molecular flexibility index (Phi) is 5.12. The van der Waals surface area contributed by atoms with E-state index in [1.54, 1.807) is 29.4 Å². The normalized spacial score (nSPS) is 10.8. The van der Waals surface area contributed by atoms with Crippen molar-refractivity contribution in [3.05, 3.63) is 17.3 Å². The van der Waals surface area contributed by atoms with E-state index in [1.807, 2.05) is 6.92 Å². The lowest BCUT2D eigenvalue weighted by Crippen LogP contribution is -2.26. The van der Waals surface area contributed by atoms with Crippen LogP contribution in [0.4, 0.5) is 0 Å². The number of nitrogens with one attached hydrogen (secondary N) is 1. The Morgan fingerprint density at radius 3 is 3.16 bits per heavy atom. The van der Waals surface area contributed by atoms with Gasteiger partial charge in [-0.2, -0.15) is 0 Å². The fraction of sp³-hybridized carbons (Fsp3) is 0.417. The van der Waals surface area contributed by atoms with E-state index < -0.39 is 0 Å². The van der Waals surface area contributed by atoms with E-state index >= 15 is 0 Å². The van der Waals surface area contributed by atoms with Gasteiger partial charge in [0.2, 0.25) is 5.91 Å². The van der Waals surface area contributed by atoms with Crippen LogP contribution in [0.1, 0.15) is 11.3 Å². The van der Waals surface area contributed by atoms with Crippen molar-refractivity contribution in [3.8, 4) is 0 Å². The van der Waals surface area contributed by atoms with Gasteiger partial charge < -0.3 is 10.4 Å². The molecule has 0 fully saturated rings. The van der Waals surface area contributed by atoms with Gasteiger partial charge in [-0.05, 0) is 13.0 Å². The molecule has 2 aromatic heterocycles. The van der Waals surface area contributed by atoms with Gasteiger partial charge in [-0.15, -0.1) is 23.1 Å². The van der Waals surface area contributed by atoms with Crippen molar-refractivity contribution in [1.29, 1.82) is 0 Å². The summed E-state index contributed by atoms with van der Waals surface area (Å²) < 4.78 is 0. The summed E-state index contributed by atoms with van der Waals surface area (Å²) in [6, 6.07) is 2.08. The summed E-state index contributed by atoms with van der Waals surface area (Å²) in [5.41, 5.74) is 0. The van der Waals surface area contributed by atoms with Crippen LogP contribution in [-0.4, -0.2) is 39.9 Å². The number of aliphatic hydroxyl groups is 1. The van der Waals surface area contributed by atoms with Gasteiger partial charge in [-0.3, -0.25) is 4.79 Å². The number of aliphatic hydroxyl groups excluding tert-OH is 1. The highest BCUT2D eigenvalue weighted by Gasteiger charge is 2.08. The van der Waals surface area contributed by atoms with Crippen molar-refractivity contribution in [2.75, 3.05) is 18.9 Å². The third kappa shape index (κ3) is 3.89. The van der Waals surface area contributed by atoms with Crippen molar-refractivity contribution in [3.63, 3.8) is 0 Å². The second kappa shape index (κ2) is 6.83. The Hall–Kier alpha value is -1.18. The van der Waals surface area contributed by atoms with Crippen molar-refractivity contribution in [1.82, 2.24) is 15.3 Å². The number of nitrogens with zero attached hydrogens (tertiary/aromatic N) is 2. The summed E-state index contributed by atoms with van der Waals surface area (Å²) in [4.78, 5) is 22.1. The molecule has 0 atom stereocenters. The van der Waals surface area contributed by atoms with E-state index in [-0.39, 0.29) is 12.5 Å². The van der Waals surface area contributed by atoms with Crippen molar-refractivity contribution in [2.45, 2.75) is 18.4 Å². The van der Waals surface area contributed by atoms with Crippen LogP contribution < -0.4 is 5.32 Å². The van der Waals surface area contributed by atoms with Gasteiger partial charge >= 0.3 is 0 Å². The maximum absolute atomic E-state index is 11.4. The van der Waals surface area contributed by atoms with Gasteiger partial charge in [-0.25, -0.2) is 9.97 Å². The van der Waals surface area contributed by atoms with E-state index in [9.17, 15) is 4.79 Å². The quantitative estimate of drug-likeness (QED) is 0.625. The van der Waals surface area contributed by atoms with Crippen molar-refractivity contribution >= 4 is 39.2 Å². The second-order valence-electron chi connectivity index (χ2n) is 3.93. The second-order valence-corrected chi connectivity index (χ2v) is 6.25. The monoisotopic (exact) mass is 297 g/mol. The standard InChI is InChI=1S/C12H15N3O2S2/c1-8-6-9-11(14-7-15-12(9)19-8)18-5-2-10(17)13-3-4-16/h6-7,16H,2-5H2,1H3,(H,13,17). The third-order valence-corrected chi connectivity index (χ3v) is 4.38. The molecular weight excluding hydrogens is 282 g/mol. The molecule has 2 N–H and O–H groups in total. The predicted molar refractivity (Wildman–Crippen MR) is 77.6 cm³/mol. The summed E-state index contributed by atoms with van der Waals surface area (Å²) in [7, 11) is 0. The van der Waals surface area contributed by atoms with Gasteiger partial charge in [0.05, 0.1) is 6.61 Å². The molecule has 2 rings (SSSR count). The SMILES string of the molecule is Cc1cc2c(SCCC(=O)NCCO)ncnc2s1. The molecule has 2 heterocycles. The highest BCUT2D eigenvalue weighted by atomic mass is 32.2. The summed E-state index contributed by atoms with van der Waals surface area (Å²) in [6.45, 7) is 2.33. The molecule has 0 saturated heterocycles. The largest absolute Gasteiger partial charge is 0.395 e. The van der Waals surface area contributed by atoms with Gasteiger partial charge in [0.15, 0.2) is 0 Å². The zero-order chi connectivity index (χ0) is 13.7. The molecule has 0 aliphatic rings. The molecular formula is C12H15N3O2S2. The number of hydrogen-bond acceptors (Lipinski definition) is 6. The van der Waals surface area contributed by atoms with Crippen LogP contribution in [0.2, 0.25) is 0 Å². The lowest BCUT2D eigenvalue weighted by Gasteiger charge is -2.03. The van der Waals surface area contributed by atoms with Crippen LogP contribution >= 0.6 is 23.1 Å². The number of thiophene rings is 1. The Bertz CT molecular complexity index is 571. The molecule has 102 valence electrons. The molecule has 19 heavy (non-hydrogen) atoms. The minimum absolute atomic E-state index is 0.0282. The number of thioether (sulfide) groups is 1. The highest BCUT2D eigenvalue weighted by Crippen LogP contribution is 2.30. The van der Waals surface area contributed by atoms with Crippen LogP contribution in [0, 0.1) is 6.92 Å². The predicted octanol–water partition coefficient (Wildman–Crippen LogP) is 1.59. The molecule has 0 spiro atoms. The zero-order valence-electron chi connectivity index (χ0n) is 10.5. The van der Waals surface area contributed by atoms with Crippen LogP contribution in [-0.2, 0) is 4.79 Å². The molecule has 0 aliphatic carbocycles. The molecule has 0 unspecified atom stereocenters. The Morgan fingerprint density at radius 2 is 2.37 bits per heavy atom. The first kappa shape index (κ1) is 14.2. The van der Waals surface area contributed by atoms with E-state index in [0.717, 1.165) is 15.2 Å². The molecule has 7 heteroatoms. The lowest BCUT2D eigenvalue weighted by atomic mass is 10.4. The van der Waals surface area contributed by atoms with E-state index in [4.69, 9.17) is 5.11 Å². The molecule has 5 nitrogen and oxygen atoms in total. The molecule has 2 aromatic rings. The van der Waals surface area contributed by atoms with Crippen LogP contribution in [0.5, 0.6) is 0 Å². The summed E-state index contributed by atoms with van der Waals surface area (Å²) in [5, 5.41) is 13.2. The maximum atomic E-state index is 11.4. The number of carbonyl (C=O) groups is 1. The smallest absolute Gasteiger partial charge is 0.220 e.